The molecule has 1 aliphatic heterocycles. The van der Waals surface area contributed by atoms with Crippen LogP contribution in [0.1, 0.15) is 70.0 Å². The van der Waals surface area contributed by atoms with Gasteiger partial charge in [0.15, 0.2) is 11.6 Å². The number of carbonyl (C=O) groups excluding carboxylic acids is 2. The van der Waals surface area contributed by atoms with Crippen LogP contribution < -0.4 is 26.4 Å². The Morgan fingerprint density at radius 1 is 0.938 bits per heavy atom. The van der Waals surface area contributed by atoms with Crippen molar-refractivity contribution in [3.63, 3.8) is 0 Å². The Morgan fingerprint density at radius 2 is 1.65 bits per heavy atom. The summed E-state index contributed by atoms with van der Waals surface area (Å²) in [5.41, 5.74) is 6.98. The Bertz CT molecular complexity index is 1950. The zero-order valence-electron chi connectivity index (χ0n) is 27.8. The van der Waals surface area contributed by atoms with E-state index in [1.807, 2.05) is 45.2 Å². The zero-order valence-corrected chi connectivity index (χ0v) is 27.8. The first-order valence-corrected chi connectivity index (χ1v) is 16.4. The maximum absolute atomic E-state index is 14.5. The van der Waals surface area contributed by atoms with Gasteiger partial charge in [0.05, 0.1) is 18.4 Å². The molecule has 1 aromatic heterocycles. The minimum atomic E-state index is -0.410. The molecule has 0 radical (unpaired) electrons. The predicted molar refractivity (Wildman–Crippen MR) is 187 cm³/mol. The molecule has 1 atom stereocenters. The maximum atomic E-state index is 14.5. The molecule has 0 unspecified atom stereocenters. The Labute approximate surface area is 279 Å². The zero-order chi connectivity index (χ0) is 33.9. The molecule has 9 nitrogen and oxygen atoms in total. The second kappa shape index (κ2) is 13.9. The number of ketones is 1. The monoisotopic (exact) mass is 648 g/mol. The summed E-state index contributed by atoms with van der Waals surface area (Å²) in [5.74, 6) is -0.667. The van der Waals surface area contributed by atoms with Gasteiger partial charge in [-0.15, -0.1) is 0 Å². The van der Waals surface area contributed by atoms with Crippen molar-refractivity contribution in [1.82, 2.24) is 20.2 Å². The molecule has 1 amide bonds. The summed E-state index contributed by atoms with van der Waals surface area (Å²) < 4.78 is 15.4. The van der Waals surface area contributed by atoms with Gasteiger partial charge >= 0.3 is 0 Å². The summed E-state index contributed by atoms with van der Waals surface area (Å²) in [6, 6.07) is 16.7. The Kier molecular flexibility index (Phi) is 9.54. The molecule has 2 heterocycles. The molecule has 10 heteroatoms. The lowest BCUT2D eigenvalue weighted by molar-refractivity contribution is 0.0962. The van der Waals surface area contributed by atoms with Gasteiger partial charge in [0.25, 0.3) is 11.5 Å². The van der Waals surface area contributed by atoms with Crippen molar-refractivity contribution >= 4 is 23.2 Å². The number of rotatable bonds is 11. The SMILES string of the molecule is CNC(=O)c1ccc(C)c(-c2cnc(NC(=C3CC3)[C@H](C)NC)c(=O)n2Cc2cc(C(=O)c3ccc(F)cc3)cc(N3CCCC3)c2)c1. The summed E-state index contributed by atoms with van der Waals surface area (Å²) in [6.07, 6.45) is 5.73. The molecule has 48 heavy (non-hydrogen) atoms. The molecule has 1 saturated carbocycles. The number of likely N-dealkylation sites (N-methyl/N-ethyl adjacent to an activating group) is 1. The Morgan fingerprint density at radius 3 is 2.31 bits per heavy atom. The number of benzene rings is 3. The fraction of sp³-hybridized carbons (Fsp3) is 0.316. The number of aryl methyl sites for hydroxylation is 1. The van der Waals surface area contributed by atoms with E-state index in [1.54, 1.807) is 29.9 Å². The smallest absolute Gasteiger partial charge is 0.294 e. The first kappa shape index (κ1) is 32.8. The first-order valence-electron chi connectivity index (χ1n) is 16.4. The minimum absolute atomic E-state index is 0.000448. The van der Waals surface area contributed by atoms with Gasteiger partial charge in [-0.1, -0.05) is 6.07 Å². The van der Waals surface area contributed by atoms with Crippen LogP contribution in [0.5, 0.6) is 0 Å². The standard InChI is InChI=1S/C38H41FN6O3/c1-23-7-8-28(37(47)41-4)20-32(23)33-21-42-36(43-34(24(2)40-3)26-9-10-26)38(48)45(33)22-25-17-29(19-31(18-25)44-15-5-6-16-44)35(46)27-11-13-30(39)14-12-27/h7-8,11-14,17-21,24,40H,5-6,9-10,15-16,22H2,1-4H3,(H,41,47)(H,42,43)/t24-/m0/s1. The van der Waals surface area contributed by atoms with Crippen LogP contribution in [0.25, 0.3) is 11.3 Å². The number of carbonyl (C=O) groups is 2. The number of aromatic nitrogens is 2. The van der Waals surface area contributed by atoms with Crippen molar-refractivity contribution in [2.45, 2.75) is 52.1 Å². The Balaban J connectivity index is 1.49. The highest BCUT2D eigenvalue weighted by atomic mass is 19.1. The second-order valence-electron chi connectivity index (χ2n) is 12.6. The molecule has 2 aliphatic rings. The van der Waals surface area contributed by atoms with Crippen LogP contribution in [-0.2, 0) is 6.54 Å². The lowest BCUT2D eigenvalue weighted by Crippen LogP contribution is -2.32. The van der Waals surface area contributed by atoms with Crippen LogP contribution in [0.15, 0.2) is 82.9 Å². The molecule has 3 aromatic carbocycles. The molecule has 6 rings (SSSR count). The topological polar surface area (TPSA) is 108 Å². The summed E-state index contributed by atoms with van der Waals surface area (Å²) in [5, 5.41) is 9.28. The summed E-state index contributed by atoms with van der Waals surface area (Å²) in [7, 11) is 3.46. The summed E-state index contributed by atoms with van der Waals surface area (Å²) >= 11 is 0. The van der Waals surface area contributed by atoms with Crippen LogP contribution in [-0.4, -0.2) is 54.5 Å². The Hall–Kier alpha value is -5.09. The van der Waals surface area contributed by atoms with Gasteiger partial charge in [-0.2, -0.15) is 0 Å². The van der Waals surface area contributed by atoms with Crippen LogP contribution in [0.2, 0.25) is 0 Å². The molecular formula is C38H41FN6O3. The van der Waals surface area contributed by atoms with Crippen molar-refractivity contribution in [3.8, 4) is 11.3 Å². The van der Waals surface area contributed by atoms with Gasteiger partial charge in [0, 0.05) is 59.8 Å². The average molecular weight is 649 g/mol. The normalized spacial score (nSPS) is 14.5. The number of nitrogens with zero attached hydrogens (tertiary/aromatic N) is 3. The molecule has 4 aromatic rings. The van der Waals surface area contributed by atoms with Gasteiger partial charge in [-0.3, -0.25) is 19.0 Å². The molecule has 0 bridgehead atoms. The van der Waals surface area contributed by atoms with E-state index in [1.165, 1.54) is 29.8 Å². The summed E-state index contributed by atoms with van der Waals surface area (Å²) in [6.45, 7) is 5.86. The number of amides is 1. The average Bonchev–Trinajstić information content (AvgIpc) is 3.79. The molecular weight excluding hydrogens is 607 g/mol. The first-order chi connectivity index (χ1) is 23.2. The van der Waals surface area contributed by atoms with Gasteiger partial charge in [0.2, 0.25) is 0 Å². The van der Waals surface area contributed by atoms with Crippen LogP contribution in [0.3, 0.4) is 0 Å². The van der Waals surface area contributed by atoms with E-state index < -0.39 is 5.82 Å². The van der Waals surface area contributed by atoms with Crippen molar-refractivity contribution in [2.24, 2.45) is 0 Å². The molecule has 3 N–H and O–H groups in total. The predicted octanol–water partition coefficient (Wildman–Crippen LogP) is 5.66. The van der Waals surface area contributed by atoms with Crippen molar-refractivity contribution in [2.75, 3.05) is 37.4 Å². The fourth-order valence-corrected chi connectivity index (χ4v) is 6.24. The van der Waals surface area contributed by atoms with Crippen molar-refractivity contribution < 1.29 is 14.0 Å². The lowest BCUT2D eigenvalue weighted by Gasteiger charge is -2.22. The molecule has 0 spiro atoms. The lowest BCUT2D eigenvalue weighted by atomic mass is 9.99. The van der Waals surface area contributed by atoms with Gasteiger partial charge in [-0.25, -0.2) is 9.37 Å². The molecule has 1 saturated heterocycles. The van der Waals surface area contributed by atoms with Crippen LogP contribution in [0.4, 0.5) is 15.9 Å². The van der Waals surface area contributed by atoms with E-state index in [-0.39, 0.29) is 35.7 Å². The second-order valence-corrected chi connectivity index (χ2v) is 12.6. The third-order valence-corrected chi connectivity index (χ3v) is 9.22. The quantitative estimate of drug-likeness (QED) is 0.180. The highest BCUT2D eigenvalue weighted by molar-refractivity contribution is 6.09. The van der Waals surface area contributed by atoms with Crippen molar-refractivity contribution in [1.29, 1.82) is 0 Å². The van der Waals surface area contributed by atoms with Gasteiger partial charge in [0.1, 0.15) is 5.82 Å². The molecule has 2 fully saturated rings. The largest absolute Gasteiger partial charge is 0.372 e. The number of nitrogens with one attached hydrogen (secondary N) is 3. The van der Waals surface area contributed by atoms with Crippen LogP contribution in [0, 0.1) is 12.7 Å². The number of anilines is 2. The van der Waals surface area contributed by atoms with E-state index in [4.69, 9.17) is 0 Å². The number of allylic oxidation sites excluding steroid dienone is 1. The van der Waals surface area contributed by atoms with E-state index in [0.717, 1.165) is 61.3 Å². The van der Waals surface area contributed by atoms with E-state index in [0.29, 0.717) is 27.9 Å². The molecule has 1 aliphatic carbocycles. The van der Waals surface area contributed by atoms with E-state index in [9.17, 15) is 18.8 Å². The van der Waals surface area contributed by atoms with Crippen molar-refractivity contribution in [3.05, 3.63) is 122 Å². The third-order valence-electron chi connectivity index (χ3n) is 9.22. The maximum Gasteiger partial charge on any atom is 0.294 e. The van der Waals surface area contributed by atoms with E-state index >= 15 is 0 Å². The van der Waals surface area contributed by atoms with Gasteiger partial charge in [-0.05, 0) is 118 Å². The highest BCUT2D eigenvalue weighted by Gasteiger charge is 2.24. The molecule has 248 valence electrons. The van der Waals surface area contributed by atoms with E-state index in [2.05, 4.69) is 25.8 Å². The number of hydrogen-bond acceptors (Lipinski definition) is 7. The van der Waals surface area contributed by atoms with Gasteiger partial charge < -0.3 is 20.9 Å². The van der Waals surface area contributed by atoms with Crippen LogP contribution >= 0.6 is 0 Å². The fourth-order valence-electron chi connectivity index (χ4n) is 6.24. The summed E-state index contributed by atoms with van der Waals surface area (Å²) in [4.78, 5) is 47.7. The number of hydrogen-bond donors (Lipinski definition) is 3. The number of halogens is 1. The third kappa shape index (κ3) is 6.94. The minimum Gasteiger partial charge on any atom is -0.372 e. The highest BCUT2D eigenvalue weighted by Crippen LogP contribution is 2.33.